The molecular formula is C27H48O10S. The fraction of sp³-hybridized carbons (Fsp3) is 1.00. The van der Waals surface area contributed by atoms with Gasteiger partial charge >= 0.3 is 10.4 Å². The standard InChI is InChI=1S/C27H48O10S/c1-14(13-28)6-5-7-15(2)19-22(31)23(32)24-26(19,4)11-9-18-25(3)10-8-17(37-38(34,35)36)21(30)20(25)16(29)12-27(18,24)33/h14-24,28-33H,5-13H2,1-4H3,(H,34,35,36). The predicted octanol–water partition coefficient (Wildman–Crippen LogP) is 1.27. The van der Waals surface area contributed by atoms with Crippen LogP contribution >= 0.6 is 0 Å². The number of aliphatic hydroxyl groups is 6. The van der Waals surface area contributed by atoms with Gasteiger partial charge in [-0.1, -0.05) is 40.5 Å². The Labute approximate surface area is 226 Å². The number of rotatable bonds is 8. The average molecular weight is 565 g/mol. The van der Waals surface area contributed by atoms with Crippen LogP contribution in [0.3, 0.4) is 0 Å². The summed E-state index contributed by atoms with van der Waals surface area (Å²) in [6, 6.07) is 0. The minimum Gasteiger partial charge on any atom is -0.396 e. The highest BCUT2D eigenvalue weighted by molar-refractivity contribution is 7.80. The quantitative estimate of drug-likeness (QED) is 0.212. The molecule has 4 aliphatic rings. The van der Waals surface area contributed by atoms with Gasteiger partial charge in [0.2, 0.25) is 0 Å². The Morgan fingerprint density at radius 3 is 2.18 bits per heavy atom. The predicted molar refractivity (Wildman–Crippen MR) is 138 cm³/mol. The van der Waals surface area contributed by atoms with Gasteiger partial charge < -0.3 is 30.6 Å². The van der Waals surface area contributed by atoms with Crippen molar-refractivity contribution in [3.63, 3.8) is 0 Å². The zero-order valence-electron chi connectivity index (χ0n) is 23.0. The molecule has 0 aromatic heterocycles. The lowest BCUT2D eigenvalue weighted by Crippen LogP contribution is -2.71. The zero-order chi connectivity index (χ0) is 28.4. The van der Waals surface area contributed by atoms with Gasteiger partial charge in [0.15, 0.2) is 0 Å². The van der Waals surface area contributed by atoms with Crippen molar-refractivity contribution in [1.29, 1.82) is 0 Å². The summed E-state index contributed by atoms with van der Waals surface area (Å²) in [6.07, 6.45) is -1.80. The van der Waals surface area contributed by atoms with Crippen LogP contribution in [0, 0.1) is 46.3 Å². The van der Waals surface area contributed by atoms with E-state index in [9.17, 15) is 39.1 Å². The van der Waals surface area contributed by atoms with Gasteiger partial charge in [-0.25, -0.2) is 4.18 Å². The molecule has 0 spiro atoms. The molecule has 14 atom stereocenters. The van der Waals surface area contributed by atoms with E-state index in [1.807, 2.05) is 20.8 Å². The van der Waals surface area contributed by atoms with Gasteiger partial charge in [-0.3, -0.25) is 4.55 Å². The highest BCUT2D eigenvalue weighted by Crippen LogP contribution is 2.70. The monoisotopic (exact) mass is 564 g/mol. The first-order valence-electron chi connectivity index (χ1n) is 14.2. The first-order chi connectivity index (χ1) is 17.5. The number of aliphatic hydroxyl groups excluding tert-OH is 5. The first-order valence-corrected chi connectivity index (χ1v) is 15.6. The van der Waals surface area contributed by atoms with Crippen molar-refractivity contribution in [1.82, 2.24) is 0 Å². The molecule has 0 saturated heterocycles. The van der Waals surface area contributed by atoms with E-state index in [1.165, 1.54) is 0 Å². The maximum Gasteiger partial charge on any atom is 0.397 e. The molecule has 0 heterocycles. The Morgan fingerprint density at radius 2 is 1.58 bits per heavy atom. The van der Waals surface area contributed by atoms with Crippen molar-refractivity contribution in [2.45, 2.75) is 115 Å². The van der Waals surface area contributed by atoms with Crippen molar-refractivity contribution in [2.24, 2.45) is 46.3 Å². The van der Waals surface area contributed by atoms with Crippen LogP contribution in [-0.2, 0) is 14.6 Å². The van der Waals surface area contributed by atoms with E-state index in [0.29, 0.717) is 19.3 Å². The van der Waals surface area contributed by atoms with Gasteiger partial charge in [0.25, 0.3) is 0 Å². The normalized spacial score (nSPS) is 50.6. The van der Waals surface area contributed by atoms with E-state index in [0.717, 1.165) is 19.3 Å². The summed E-state index contributed by atoms with van der Waals surface area (Å²) in [7, 11) is -4.79. The van der Waals surface area contributed by atoms with Gasteiger partial charge in [-0.15, -0.1) is 0 Å². The molecule has 11 heteroatoms. The maximum absolute atomic E-state index is 12.4. The highest BCUT2D eigenvalue weighted by atomic mass is 32.3. The SMILES string of the molecule is CC(CO)CCCC(C)C1C(O)C(O)C2C1(C)CCC1C3(C)CCC(OS(=O)(=O)O)C(O)C3C(O)CC12O. The van der Waals surface area contributed by atoms with E-state index >= 15 is 0 Å². The van der Waals surface area contributed by atoms with Crippen LogP contribution in [0.15, 0.2) is 0 Å². The molecule has 4 saturated carbocycles. The minimum atomic E-state index is -4.79. The topological polar surface area (TPSA) is 185 Å². The van der Waals surface area contributed by atoms with Crippen LogP contribution < -0.4 is 0 Å². The summed E-state index contributed by atoms with van der Waals surface area (Å²) in [4.78, 5) is 0. The van der Waals surface area contributed by atoms with E-state index < -0.39 is 75.1 Å². The van der Waals surface area contributed by atoms with Crippen LogP contribution in [-0.4, -0.2) is 86.3 Å². The molecule has 0 aromatic rings. The minimum absolute atomic E-state index is 0.0763. The number of hydrogen-bond acceptors (Lipinski definition) is 9. The van der Waals surface area contributed by atoms with Crippen molar-refractivity contribution in [2.75, 3.05) is 6.61 Å². The molecule has 14 unspecified atom stereocenters. The van der Waals surface area contributed by atoms with Gasteiger partial charge in [0, 0.05) is 24.9 Å². The molecule has 10 nitrogen and oxygen atoms in total. The van der Waals surface area contributed by atoms with Crippen LogP contribution in [0.2, 0.25) is 0 Å². The second-order valence-electron chi connectivity index (χ2n) is 13.7. The van der Waals surface area contributed by atoms with E-state index in [2.05, 4.69) is 6.92 Å². The molecule has 38 heavy (non-hydrogen) atoms. The smallest absolute Gasteiger partial charge is 0.396 e. The van der Waals surface area contributed by atoms with Gasteiger partial charge in [0.1, 0.15) is 6.10 Å². The largest absolute Gasteiger partial charge is 0.397 e. The number of hydrogen-bond donors (Lipinski definition) is 7. The molecule has 0 amide bonds. The van der Waals surface area contributed by atoms with Gasteiger partial charge in [-0.2, -0.15) is 8.42 Å². The van der Waals surface area contributed by atoms with Crippen molar-refractivity contribution in [3.05, 3.63) is 0 Å². The molecule has 0 aliphatic heterocycles. The van der Waals surface area contributed by atoms with Crippen LogP contribution in [0.4, 0.5) is 0 Å². The van der Waals surface area contributed by atoms with Crippen LogP contribution in [0.5, 0.6) is 0 Å². The maximum atomic E-state index is 12.4. The summed E-state index contributed by atoms with van der Waals surface area (Å²) >= 11 is 0. The molecule has 4 aliphatic carbocycles. The summed E-state index contributed by atoms with van der Waals surface area (Å²) in [5, 5.41) is 66.9. The molecule has 4 fully saturated rings. The summed E-state index contributed by atoms with van der Waals surface area (Å²) < 4.78 is 36.5. The Kier molecular flexibility index (Phi) is 8.43. The summed E-state index contributed by atoms with van der Waals surface area (Å²) in [5.74, 6) is -1.83. The lowest BCUT2D eigenvalue weighted by molar-refractivity contribution is -0.279. The second-order valence-corrected chi connectivity index (χ2v) is 14.7. The molecule has 222 valence electrons. The lowest BCUT2D eigenvalue weighted by atomic mass is 9.41. The molecule has 0 radical (unpaired) electrons. The molecule has 7 N–H and O–H groups in total. The van der Waals surface area contributed by atoms with Crippen molar-refractivity contribution < 1.29 is 47.8 Å². The van der Waals surface area contributed by atoms with E-state index in [4.69, 9.17) is 8.74 Å². The van der Waals surface area contributed by atoms with Gasteiger partial charge in [0.05, 0.1) is 30.0 Å². The van der Waals surface area contributed by atoms with Crippen LogP contribution in [0.1, 0.15) is 79.1 Å². The molecule has 4 rings (SSSR count). The Morgan fingerprint density at radius 1 is 0.947 bits per heavy atom. The zero-order valence-corrected chi connectivity index (χ0v) is 23.8. The molecule has 0 bridgehead atoms. The fourth-order valence-electron chi connectivity index (χ4n) is 9.93. The number of fused-ring (bicyclic) bond motifs is 5. The molecule has 0 aromatic carbocycles. The van der Waals surface area contributed by atoms with E-state index in [-0.39, 0.29) is 37.2 Å². The van der Waals surface area contributed by atoms with E-state index in [1.54, 1.807) is 0 Å². The molecular weight excluding hydrogens is 516 g/mol. The summed E-state index contributed by atoms with van der Waals surface area (Å²) in [5.41, 5.74) is -2.84. The Hall–Kier alpha value is -0.370. The average Bonchev–Trinajstić information content (AvgIpc) is 3.00. The third-order valence-electron chi connectivity index (χ3n) is 11.4. The Balaban J connectivity index is 1.61. The van der Waals surface area contributed by atoms with Crippen LogP contribution in [0.25, 0.3) is 0 Å². The first kappa shape index (κ1) is 30.6. The third kappa shape index (κ3) is 4.87. The van der Waals surface area contributed by atoms with Gasteiger partial charge in [-0.05, 0) is 66.6 Å². The summed E-state index contributed by atoms with van der Waals surface area (Å²) in [6.45, 7) is 8.13. The fourth-order valence-corrected chi connectivity index (χ4v) is 10.5. The van der Waals surface area contributed by atoms with Crippen molar-refractivity contribution >= 4 is 10.4 Å². The van der Waals surface area contributed by atoms with Crippen molar-refractivity contribution in [3.8, 4) is 0 Å². The second kappa shape index (κ2) is 10.5. The lowest BCUT2D eigenvalue weighted by Gasteiger charge is -2.66. The third-order valence-corrected chi connectivity index (χ3v) is 11.9. The Bertz CT molecular complexity index is 962. The highest BCUT2D eigenvalue weighted by Gasteiger charge is 2.73.